The molecule has 3 nitrogen and oxygen atoms in total. The van der Waals surface area contributed by atoms with Crippen molar-refractivity contribution in [3.8, 4) is 11.1 Å². The summed E-state index contributed by atoms with van der Waals surface area (Å²) < 4.78 is 2.23. The monoisotopic (exact) mass is 498 g/mol. The van der Waals surface area contributed by atoms with Crippen LogP contribution in [0.1, 0.15) is 27.0 Å². The van der Waals surface area contributed by atoms with Gasteiger partial charge >= 0.3 is 0 Å². The lowest BCUT2D eigenvalue weighted by atomic mass is 9.76. The zero-order valence-electron chi connectivity index (χ0n) is 20.0. The normalized spacial score (nSPS) is 11.5. The molecule has 4 heteroatoms. The number of carbonyl (C=O) groups is 1. The number of fused-ring (bicyclic) bond motifs is 1. The average Bonchev–Trinajstić information content (AvgIpc) is 3.38. The van der Waals surface area contributed by atoms with E-state index in [1.165, 1.54) is 0 Å². The van der Waals surface area contributed by atoms with E-state index in [9.17, 15) is 4.79 Å². The minimum absolute atomic E-state index is 0.621. The van der Waals surface area contributed by atoms with Crippen molar-refractivity contribution >= 4 is 28.9 Å². The quantitative estimate of drug-likeness (QED) is 0.172. The maximum absolute atomic E-state index is 11.1. The van der Waals surface area contributed by atoms with Gasteiger partial charge in [0.1, 0.15) is 11.8 Å². The Morgan fingerprint density at radius 2 is 1.19 bits per heavy atom. The van der Waals surface area contributed by atoms with Crippen LogP contribution >= 0.6 is 11.6 Å². The van der Waals surface area contributed by atoms with Crippen molar-refractivity contribution in [3.05, 3.63) is 161 Å². The second kappa shape index (κ2) is 9.53. The molecule has 0 amide bonds. The molecule has 1 aromatic heterocycles. The van der Waals surface area contributed by atoms with Crippen LogP contribution < -0.4 is 0 Å². The number of nitrogens with zero attached hydrogens (tertiary/aromatic N) is 2. The molecule has 0 aliphatic heterocycles. The lowest BCUT2D eigenvalue weighted by molar-refractivity contribution is 0.112. The number of aromatic nitrogens is 2. The van der Waals surface area contributed by atoms with Crippen molar-refractivity contribution < 1.29 is 4.79 Å². The van der Waals surface area contributed by atoms with Crippen molar-refractivity contribution in [1.82, 2.24) is 9.55 Å². The molecular weight excluding hydrogens is 476 g/mol. The van der Waals surface area contributed by atoms with Crippen LogP contribution in [-0.4, -0.2) is 15.8 Å². The second-order valence-corrected chi connectivity index (χ2v) is 9.39. The molecule has 1 heterocycles. The Morgan fingerprint density at radius 3 is 1.68 bits per heavy atom. The van der Waals surface area contributed by atoms with Crippen molar-refractivity contribution in [2.75, 3.05) is 0 Å². The van der Waals surface area contributed by atoms with Gasteiger partial charge in [-0.1, -0.05) is 127 Å². The molecule has 0 aliphatic rings. The molecule has 0 saturated carbocycles. The Hall–Kier alpha value is -4.47. The van der Waals surface area contributed by atoms with Gasteiger partial charge in [0.15, 0.2) is 0 Å². The Morgan fingerprint density at radius 1 is 0.676 bits per heavy atom. The molecule has 0 N–H and O–H groups in total. The number of rotatable bonds is 6. The summed E-state index contributed by atoms with van der Waals surface area (Å²) in [4.78, 5) is 16.0. The largest absolute Gasteiger partial charge is 0.312 e. The van der Waals surface area contributed by atoms with Gasteiger partial charge in [0.2, 0.25) is 0 Å². The topological polar surface area (TPSA) is 34.9 Å². The first-order valence-corrected chi connectivity index (χ1v) is 12.5. The molecule has 0 saturated heterocycles. The highest BCUT2D eigenvalue weighted by Gasteiger charge is 2.39. The molecule has 37 heavy (non-hydrogen) atoms. The number of carbonyl (C=O) groups excluding carboxylic acids is 1. The van der Waals surface area contributed by atoms with Gasteiger partial charge in [-0.2, -0.15) is 0 Å². The molecule has 0 bridgehead atoms. The maximum Gasteiger partial charge on any atom is 0.150 e. The van der Waals surface area contributed by atoms with Gasteiger partial charge < -0.3 is 4.57 Å². The highest BCUT2D eigenvalue weighted by atomic mass is 35.5. The van der Waals surface area contributed by atoms with E-state index < -0.39 is 5.54 Å². The van der Waals surface area contributed by atoms with E-state index >= 15 is 0 Å². The summed E-state index contributed by atoms with van der Waals surface area (Å²) in [6.07, 6.45) is 2.75. The summed E-state index contributed by atoms with van der Waals surface area (Å²) in [6, 6.07) is 43.0. The van der Waals surface area contributed by atoms with Gasteiger partial charge in [-0.05, 0) is 34.4 Å². The highest BCUT2D eigenvalue weighted by molar-refractivity contribution is 6.34. The van der Waals surface area contributed by atoms with Gasteiger partial charge in [-0.3, -0.25) is 4.79 Å². The van der Waals surface area contributed by atoms with Crippen LogP contribution in [0.2, 0.25) is 5.02 Å². The summed E-state index contributed by atoms with van der Waals surface area (Å²) in [5.41, 5.74) is 6.90. The van der Waals surface area contributed by atoms with Crippen LogP contribution in [0.25, 0.3) is 22.2 Å². The lowest BCUT2D eigenvalue weighted by Gasteiger charge is -2.38. The van der Waals surface area contributed by atoms with Crippen molar-refractivity contribution in [2.24, 2.45) is 0 Å². The van der Waals surface area contributed by atoms with Crippen LogP contribution in [0.5, 0.6) is 0 Å². The first kappa shape index (κ1) is 23.0. The molecule has 0 spiro atoms. The summed E-state index contributed by atoms with van der Waals surface area (Å²) in [5.74, 6) is 0. The third-order valence-electron chi connectivity index (χ3n) is 6.93. The summed E-state index contributed by atoms with van der Waals surface area (Å²) in [5, 5.41) is 0.621. The lowest BCUT2D eigenvalue weighted by Crippen LogP contribution is -2.37. The van der Waals surface area contributed by atoms with Crippen LogP contribution in [-0.2, 0) is 5.54 Å². The predicted molar refractivity (Wildman–Crippen MR) is 150 cm³/mol. The fourth-order valence-electron chi connectivity index (χ4n) is 5.21. The van der Waals surface area contributed by atoms with E-state index in [-0.39, 0.29) is 0 Å². The van der Waals surface area contributed by atoms with Crippen molar-refractivity contribution in [3.63, 3.8) is 0 Å². The molecule has 0 aliphatic carbocycles. The van der Waals surface area contributed by atoms with E-state index in [1.54, 1.807) is 12.1 Å². The number of benzene rings is 5. The fraction of sp³-hybridized carbons (Fsp3) is 0.0303. The summed E-state index contributed by atoms with van der Waals surface area (Å²) in [7, 11) is 0. The zero-order chi connectivity index (χ0) is 25.2. The average molecular weight is 499 g/mol. The number of halogens is 1. The number of hydrogen-bond acceptors (Lipinski definition) is 2. The maximum atomic E-state index is 11.1. The van der Waals surface area contributed by atoms with E-state index in [0.717, 1.165) is 45.1 Å². The van der Waals surface area contributed by atoms with Crippen LogP contribution in [0.3, 0.4) is 0 Å². The Labute approximate surface area is 220 Å². The highest BCUT2D eigenvalue weighted by Crippen LogP contribution is 2.43. The van der Waals surface area contributed by atoms with E-state index in [2.05, 4.69) is 77.4 Å². The zero-order valence-corrected chi connectivity index (χ0v) is 20.7. The van der Waals surface area contributed by atoms with Crippen LogP contribution in [0.4, 0.5) is 0 Å². The first-order valence-electron chi connectivity index (χ1n) is 12.1. The molecule has 178 valence electrons. The molecule has 5 aromatic carbocycles. The smallest absolute Gasteiger partial charge is 0.150 e. The molecular formula is C33H23ClN2O. The molecule has 6 rings (SSSR count). The second-order valence-electron chi connectivity index (χ2n) is 8.98. The van der Waals surface area contributed by atoms with Crippen molar-refractivity contribution in [1.29, 1.82) is 0 Å². The third kappa shape index (κ3) is 3.85. The fourth-order valence-corrected chi connectivity index (χ4v) is 5.48. The van der Waals surface area contributed by atoms with Gasteiger partial charge in [0.05, 0.1) is 22.4 Å². The molecule has 0 unspecified atom stereocenters. The van der Waals surface area contributed by atoms with Gasteiger partial charge in [0, 0.05) is 11.1 Å². The number of imidazole rings is 1. The van der Waals surface area contributed by atoms with Crippen LogP contribution in [0, 0.1) is 0 Å². The van der Waals surface area contributed by atoms with Gasteiger partial charge in [-0.15, -0.1) is 0 Å². The van der Waals surface area contributed by atoms with E-state index in [1.807, 2.05) is 48.8 Å². The predicted octanol–water partition coefficient (Wildman–Crippen LogP) is 8.01. The van der Waals surface area contributed by atoms with Crippen LogP contribution in [0.15, 0.2) is 134 Å². The Balaban J connectivity index is 1.65. The van der Waals surface area contributed by atoms with Crippen molar-refractivity contribution in [2.45, 2.75) is 5.54 Å². The molecule has 6 aromatic rings. The molecule has 0 fully saturated rings. The number of hydrogen-bond donors (Lipinski definition) is 0. The Kier molecular flexibility index (Phi) is 5.91. The van der Waals surface area contributed by atoms with E-state index in [0.29, 0.717) is 10.6 Å². The van der Waals surface area contributed by atoms with Gasteiger partial charge in [-0.25, -0.2) is 4.98 Å². The minimum Gasteiger partial charge on any atom is -0.312 e. The summed E-state index contributed by atoms with van der Waals surface area (Å²) >= 11 is 6.92. The standard InChI is InChI=1S/C33H23ClN2O/c34-30-21-32-31(20-29(30)25-18-16-24(22-37)17-19-25)35-23-36(32)33(26-10-4-1-5-11-26,27-12-6-2-7-13-27)28-14-8-3-9-15-28/h1-23H. The minimum atomic E-state index is -0.672. The SMILES string of the molecule is O=Cc1ccc(-c2cc3ncn(C(c4ccccc4)(c4ccccc4)c4ccccc4)c3cc2Cl)cc1. The van der Waals surface area contributed by atoms with E-state index in [4.69, 9.17) is 16.6 Å². The summed E-state index contributed by atoms with van der Waals surface area (Å²) in [6.45, 7) is 0. The number of aldehydes is 1. The third-order valence-corrected chi connectivity index (χ3v) is 7.24. The Bertz CT molecular complexity index is 1580. The molecule has 0 radical (unpaired) electrons. The first-order chi connectivity index (χ1) is 18.2. The molecule has 0 atom stereocenters. The van der Waals surface area contributed by atoms with Gasteiger partial charge in [0.25, 0.3) is 0 Å².